The van der Waals surface area contributed by atoms with Crippen molar-refractivity contribution in [1.82, 2.24) is 4.98 Å². The molecule has 0 atom stereocenters. The molecule has 0 saturated carbocycles. The summed E-state index contributed by atoms with van der Waals surface area (Å²) in [6.07, 6.45) is 3.84. The van der Waals surface area contributed by atoms with Crippen molar-refractivity contribution in [1.29, 1.82) is 0 Å². The Morgan fingerprint density at radius 3 is 2.32 bits per heavy atom. The molecule has 170 valence electrons. The number of furan rings is 2. The zero-order chi connectivity index (χ0) is 23.6. The lowest BCUT2D eigenvalue weighted by Gasteiger charge is -2.22. The normalized spacial score (nSPS) is 12.5. The van der Waals surface area contributed by atoms with Gasteiger partial charge in [0.1, 0.15) is 22.5 Å². The Balaban J connectivity index is 1.74. The van der Waals surface area contributed by atoms with Gasteiger partial charge in [0.25, 0.3) is 0 Å². The molecule has 3 heteroatoms. The molecular formula is C31H29NO2. The second kappa shape index (κ2) is 7.46. The van der Waals surface area contributed by atoms with Gasteiger partial charge >= 0.3 is 0 Å². The van der Waals surface area contributed by atoms with Gasteiger partial charge in [-0.15, -0.1) is 0 Å². The van der Waals surface area contributed by atoms with Crippen LogP contribution in [0, 0.1) is 6.92 Å². The highest BCUT2D eigenvalue weighted by Crippen LogP contribution is 2.43. The standard InChI is InChI=1S/C31H29NO2/c1-6-9-23-18(2)27-24(33-23)12-13-25-28(27)29-26(34-25)14-15-32-30(29)20-16-19-10-7-8-11-21(19)22(17-20)31(3,4)5/h7-8,10-17H,6,9H2,1-5H3. The van der Waals surface area contributed by atoms with Crippen LogP contribution < -0.4 is 0 Å². The Bertz CT molecular complexity index is 1710. The van der Waals surface area contributed by atoms with E-state index >= 15 is 0 Å². The molecule has 3 nitrogen and oxygen atoms in total. The highest BCUT2D eigenvalue weighted by atomic mass is 16.3. The van der Waals surface area contributed by atoms with Crippen molar-refractivity contribution in [3.63, 3.8) is 0 Å². The van der Waals surface area contributed by atoms with Crippen molar-refractivity contribution in [3.8, 4) is 11.3 Å². The Morgan fingerprint density at radius 1 is 0.824 bits per heavy atom. The van der Waals surface area contributed by atoms with E-state index in [-0.39, 0.29) is 5.41 Å². The van der Waals surface area contributed by atoms with Crippen molar-refractivity contribution < 1.29 is 8.83 Å². The molecule has 0 unspecified atom stereocenters. The molecular weight excluding hydrogens is 418 g/mol. The average molecular weight is 448 g/mol. The fraction of sp³-hybridized carbons (Fsp3) is 0.258. The van der Waals surface area contributed by atoms with Crippen molar-refractivity contribution in [2.75, 3.05) is 0 Å². The molecule has 3 aromatic heterocycles. The van der Waals surface area contributed by atoms with Gasteiger partial charge in [0.15, 0.2) is 0 Å². The number of hydrogen-bond acceptors (Lipinski definition) is 3. The lowest BCUT2D eigenvalue weighted by molar-refractivity contribution is 0.541. The van der Waals surface area contributed by atoms with Crippen LogP contribution in [-0.2, 0) is 11.8 Å². The highest BCUT2D eigenvalue weighted by Gasteiger charge is 2.23. The molecule has 34 heavy (non-hydrogen) atoms. The molecule has 0 aliphatic rings. The summed E-state index contributed by atoms with van der Waals surface area (Å²) in [7, 11) is 0. The van der Waals surface area contributed by atoms with Crippen LogP contribution in [0.25, 0.3) is 54.9 Å². The Labute approximate surface area is 199 Å². The minimum absolute atomic E-state index is 0.00540. The van der Waals surface area contributed by atoms with Crippen LogP contribution in [-0.4, -0.2) is 4.98 Å². The number of pyridine rings is 1. The third-order valence-electron chi connectivity index (χ3n) is 6.96. The smallest absolute Gasteiger partial charge is 0.139 e. The van der Waals surface area contributed by atoms with Gasteiger partial charge in [0.2, 0.25) is 0 Å². The van der Waals surface area contributed by atoms with Gasteiger partial charge in [0, 0.05) is 29.0 Å². The van der Waals surface area contributed by atoms with Crippen molar-refractivity contribution in [2.24, 2.45) is 0 Å². The third-order valence-corrected chi connectivity index (χ3v) is 6.96. The van der Waals surface area contributed by atoms with E-state index < -0.39 is 0 Å². The molecule has 0 N–H and O–H groups in total. The van der Waals surface area contributed by atoms with E-state index in [0.717, 1.165) is 62.8 Å². The van der Waals surface area contributed by atoms with Gasteiger partial charge in [0.05, 0.1) is 11.1 Å². The summed E-state index contributed by atoms with van der Waals surface area (Å²) in [5, 5.41) is 5.83. The topological polar surface area (TPSA) is 39.2 Å². The van der Waals surface area contributed by atoms with E-state index in [1.165, 1.54) is 21.9 Å². The fourth-order valence-corrected chi connectivity index (χ4v) is 5.35. The zero-order valence-electron chi connectivity index (χ0n) is 20.5. The molecule has 0 saturated heterocycles. The van der Waals surface area contributed by atoms with E-state index in [4.69, 9.17) is 13.8 Å². The summed E-state index contributed by atoms with van der Waals surface area (Å²) in [6, 6.07) is 19.2. The molecule has 6 rings (SSSR count). The van der Waals surface area contributed by atoms with Gasteiger partial charge in [-0.05, 0) is 71.0 Å². The van der Waals surface area contributed by atoms with E-state index in [9.17, 15) is 0 Å². The predicted octanol–water partition coefficient (Wildman–Crippen LogP) is 9.11. The van der Waals surface area contributed by atoms with Crippen LogP contribution in [0.2, 0.25) is 0 Å². The highest BCUT2D eigenvalue weighted by molar-refractivity contribution is 6.22. The van der Waals surface area contributed by atoms with E-state index in [2.05, 4.69) is 71.0 Å². The van der Waals surface area contributed by atoms with Crippen LogP contribution in [0.3, 0.4) is 0 Å². The number of hydrogen-bond donors (Lipinski definition) is 0. The quantitative estimate of drug-likeness (QED) is 0.271. The minimum atomic E-state index is 0.00540. The number of nitrogens with zero attached hydrogens (tertiary/aromatic N) is 1. The van der Waals surface area contributed by atoms with Crippen LogP contribution in [0.1, 0.15) is 51.0 Å². The van der Waals surface area contributed by atoms with Crippen molar-refractivity contribution >= 4 is 43.7 Å². The summed E-state index contributed by atoms with van der Waals surface area (Å²) < 4.78 is 12.6. The first-order chi connectivity index (χ1) is 16.4. The molecule has 0 bridgehead atoms. The van der Waals surface area contributed by atoms with E-state index in [0.29, 0.717) is 0 Å². The first-order valence-electron chi connectivity index (χ1n) is 12.1. The van der Waals surface area contributed by atoms with Gasteiger partial charge in [-0.1, -0.05) is 52.0 Å². The van der Waals surface area contributed by atoms with Gasteiger partial charge in [-0.25, -0.2) is 0 Å². The maximum atomic E-state index is 6.35. The number of rotatable bonds is 3. The van der Waals surface area contributed by atoms with Crippen LogP contribution in [0.5, 0.6) is 0 Å². The maximum Gasteiger partial charge on any atom is 0.139 e. The molecule has 0 aliphatic heterocycles. The number of aryl methyl sites for hydroxylation is 2. The van der Waals surface area contributed by atoms with E-state index in [1.807, 2.05) is 24.4 Å². The van der Waals surface area contributed by atoms with Crippen molar-refractivity contribution in [3.05, 3.63) is 77.7 Å². The zero-order valence-corrected chi connectivity index (χ0v) is 20.5. The maximum absolute atomic E-state index is 6.35. The van der Waals surface area contributed by atoms with Crippen LogP contribution in [0.15, 0.2) is 69.6 Å². The van der Waals surface area contributed by atoms with Crippen LogP contribution in [0.4, 0.5) is 0 Å². The Morgan fingerprint density at radius 2 is 1.56 bits per heavy atom. The molecule has 0 fully saturated rings. The SMILES string of the molecule is CCCc1oc2ccc3oc4ccnc(-c5cc(C(C)(C)C)c6ccccc6c5)c4c3c2c1C. The summed E-state index contributed by atoms with van der Waals surface area (Å²) in [6.45, 7) is 11.2. The Kier molecular flexibility index (Phi) is 4.60. The lowest BCUT2D eigenvalue weighted by Crippen LogP contribution is -2.12. The van der Waals surface area contributed by atoms with Gasteiger partial charge in [-0.3, -0.25) is 4.98 Å². The molecule has 0 amide bonds. The number of aromatic nitrogens is 1. The third kappa shape index (κ3) is 3.07. The first-order valence-corrected chi connectivity index (χ1v) is 12.1. The molecule has 0 aliphatic carbocycles. The Hall–Kier alpha value is -3.59. The second-order valence-electron chi connectivity index (χ2n) is 10.3. The summed E-state index contributed by atoms with van der Waals surface area (Å²) in [5.41, 5.74) is 7.25. The minimum Gasteiger partial charge on any atom is -0.461 e. The first kappa shape index (κ1) is 21.0. The molecule has 6 aromatic rings. The molecule has 0 spiro atoms. The summed E-state index contributed by atoms with van der Waals surface area (Å²) in [4.78, 5) is 4.92. The van der Waals surface area contributed by atoms with Gasteiger partial charge < -0.3 is 8.83 Å². The number of fused-ring (bicyclic) bond motifs is 6. The summed E-state index contributed by atoms with van der Waals surface area (Å²) in [5.74, 6) is 1.06. The largest absolute Gasteiger partial charge is 0.461 e. The average Bonchev–Trinajstić information content (AvgIpc) is 3.35. The molecule has 3 aromatic carbocycles. The molecule has 3 heterocycles. The predicted molar refractivity (Wildman–Crippen MR) is 142 cm³/mol. The van der Waals surface area contributed by atoms with E-state index in [1.54, 1.807) is 0 Å². The van der Waals surface area contributed by atoms with Crippen LogP contribution >= 0.6 is 0 Å². The molecule has 0 radical (unpaired) electrons. The summed E-state index contributed by atoms with van der Waals surface area (Å²) >= 11 is 0. The van der Waals surface area contributed by atoms with Gasteiger partial charge in [-0.2, -0.15) is 0 Å². The monoisotopic (exact) mass is 447 g/mol. The van der Waals surface area contributed by atoms with Crippen molar-refractivity contribution in [2.45, 2.75) is 52.9 Å². The number of benzene rings is 3. The lowest BCUT2D eigenvalue weighted by atomic mass is 9.82. The second-order valence-corrected chi connectivity index (χ2v) is 10.3. The fourth-order valence-electron chi connectivity index (χ4n) is 5.35.